The molecule has 0 saturated carbocycles. The van der Waals surface area contributed by atoms with Crippen molar-refractivity contribution >= 4 is 38.9 Å². The van der Waals surface area contributed by atoms with Gasteiger partial charge >= 0.3 is 0 Å². The molecule has 1 saturated heterocycles. The summed E-state index contributed by atoms with van der Waals surface area (Å²) < 4.78 is 27.9. The Balaban J connectivity index is 1.41. The zero-order valence-corrected chi connectivity index (χ0v) is 18.9. The van der Waals surface area contributed by atoms with Gasteiger partial charge in [0.05, 0.1) is 4.90 Å². The van der Waals surface area contributed by atoms with Crippen LogP contribution in [0, 0.1) is 0 Å². The minimum absolute atomic E-state index is 0.167. The van der Waals surface area contributed by atoms with Gasteiger partial charge in [-0.25, -0.2) is 8.42 Å². The van der Waals surface area contributed by atoms with Crippen LogP contribution in [0.4, 0.5) is 11.4 Å². The first-order valence-corrected chi connectivity index (χ1v) is 12.2. The highest BCUT2D eigenvalue weighted by atomic mass is 35.5. The molecule has 0 aliphatic carbocycles. The van der Waals surface area contributed by atoms with Gasteiger partial charge in [-0.2, -0.15) is 4.31 Å². The highest BCUT2D eigenvalue weighted by molar-refractivity contribution is 7.89. The van der Waals surface area contributed by atoms with Crippen molar-refractivity contribution in [3.8, 4) is 0 Å². The van der Waals surface area contributed by atoms with E-state index in [1.165, 1.54) is 10.4 Å². The lowest BCUT2D eigenvalue weighted by molar-refractivity contribution is 0.102. The molecule has 6 nitrogen and oxygen atoms in total. The fraction of sp³-hybridized carbons (Fsp3) is 0.208. The van der Waals surface area contributed by atoms with E-state index in [9.17, 15) is 13.2 Å². The molecule has 0 atom stereocenters. The van der Waals surface area contributed by atoms with Gasteiger partial charge in [-0.05, 0) is 67.4 Å². The zero-order chi connectivity index (χ0) is 22.6. The van der Waals surface area contributed by atoms with Gasteiger partial charge in [0.15, 0.2) is 0 Å². The summed E-state index contributed by atoms with van der Waals surface area (Å²) in [4.78, 5) is 12.6. The summed E-state index contributed by atoms with van der Waals surface area (Å²) in [7, 11) is -3.65. The maximum atomic E-state index is 13.2. The van der Waals surface area contributed by atoms with Crippen LogP contribution < -0.4 is 10.6 Å². The van der Waals surface area contributed by atoms with Crippen molar-refractivity contribution in [3.05, 3.63) is 89.4 Å². The van der Waals surface area contributed by atoms with Gasteiger partial charge in [-0.15, -0.1) is 0 Å². The van der Waals surface area contributed by atoms with Gasteiger partial charge in [-0.1, -0.05) is 35.9 Å². The average molecular weight is 470 g/mol. The first kappa shape index (κ1) is 22.3. The van der Waals surface area contributed by atoms with E-state index in [2.05, 4.69) is 10.6 Å². The number of benzene rings is 3. The van der Waals surface area contributed by atoms with Crippen molar-refractivity contribution in [1.29, 1.82) is 0 Å². The Hall–Kier alpha value is -2.87. The van der Waals surface area contributed by atoms with Crippen molar-refractivity contribution in [2.24, 2.45) is 0 Å². The number of halogens is 1. The van der Waals surface area contributed by atoms with Crippen molar-refractivity contribution in [1.82, 2.24) is 4.31 Å². The summed E-state index contributed by atoms with van der Waals surface area (Å²) in [6, 6.07) is 23.0. The van der Waals surface area contributed by atoms with Crippen LogP contribution >= 0.6 is 11.6 Å². The number of rotatable bonds is 6. The first-order chi connectivity index (χ1) is 15.4. The fourth-order valence-electron chi connectivity index (χ4n) is 3.70. The number of sulfonamides is 1. The molecule has 1 heterocycles. The van der Waals surface area contributed by atoms with Crippen LogP contribution in [0.5, 0.6) is 0 Å². The average Bonchev–Trinajstić information content (AvgIpc) is 2.81. The van der Waals surface area contributed by atoms with E-state index in [-0.39, 0.29) is 16.8 Å². The third-order valence-electron chi connectivity index (χ3n) is 5.43. The second kappa shape index (κ2) is 9.73. The van der Waals surface area contributed by atoms with Gasteiger partial charge in [0.1, 0.15) is 0 Å². The Morgan fingerprint density at radius 1 is 0.875 bits per heavy atom. The predicted molar refractivity (Wildman–Crippen MR) is 128 cm³/mol. The van der Waals surface area contributed by atoms with Crippen LogP contribution in [0.3, 0.4) is 0 Å². The SMILES string of the molecule is O=C(Nc1cccc(S(=O)(=O)N2CCC(Nc3ccccc3)CC2)c1)c1ccc(Cl)cc1. The third-order valence-corrected chi connectivity index (χ3v) is 7.58. The largest absolute Gasteiger partial charge is 0.382 e. The third kappa shape index (κ3) is 5.30. The second-order valence-corrected chi connectivity index (χ2v) is 10.1. The van der Waals surface area contributed by atoms with Crippen molar-refractivity contribution < 1.29 is 13.2 Å². The second-order valence-electron chi connectivity index (χ2n) is 7.68. The summed E-state index contributed by atoms with van der Waals surface area (Å²) in [5.41, 5.74) is 1.90. The molecule has 3 aromatic carbocycles. The smallest absolute Gasteiger partial charge is 0.255 e. The molecule has 32 heavy (non-hydrogen) atoms. The molecule has 1 aliphatic rings. The summed E-state index contributed by atoms with van der Waals surface area (Å²) >= 11 is 5.86. The van der Waals surface area contributed by atoms with Crippen LogP contribution in [0.25, 0.3) is 0 Å². The van der Waals surface area contributed by atoms with Crippen LogP contribution in [-0.4, -0.2) is 37.8 Å². The standard InChI is InChI=1S/C24H24ClN3O3S/c25-19-11-9-18(10-12-19)24(29)27-22-7-4-8-23(17-22)32(30,31)28-15-13-21(14-16-28)26-20-5-2-1-3-6-20/h1-12,17,21,26H,13-16H2,(H,27,29). The number of nitrogens with one attached hydrogen (secondary N) is 2. The first-order valence-electron chi connectivity index (χ1n) is 10.4. The highest BCUT2D eigenvalue weighted by Crippen LogP contribution is 2.25. The Kier molecular flexibility index (Phi) is 6.79. The Bertz CT molecular complexity index is 1180. The number of piperidine rings is 1. The molecule has 1 fully saturated rings. The molecule has 0 bridgehead atoms. The predicted octanol–water partition coefficient (Wildman–Crippen LogP) is 4.86. The van der Waals surface area contributed by atoms with E-state index < -0.39 is 10.0 Å². The minimum Gasteiger partial charge on any atom is -0.382 e. The lowest BCUT2D eigenvalue weighted by Gasteiger charge is -2.32. The van der Waals surface area contributed by atoms with Gasteiger partial charge < -0.3 is 10.6 Å². The summed E-state index contributed by atoms with van der Waals surface area (Å²) in [5.74, 6) is -0.330. The minimum atomic E-state index is -3.65. The number of hydrogen-bond acceptors (Lipinski definition) is 4. The van der Waals surface area contributed by atoms with E-state index >= 15 is 0 Å². The molecule has 0 unspecified atom stereocenters. The molecular formula is C24H24ClN3O3S. The number of carbonyl (C=O) groups excluding carboxylic acids is 1. The quantitative estimate of drug-likeness (QED) is 0.540. The molecule has 2 N–H and O–H groups in total. The maximum absolute atomic E-state index is 13.2. The van der Waals surface area contributed by atoms with E-state index in [0.717, 1.165) is 18.5 Å². The van der Waals surface area contributed by atoms with Crippen LogP contribution in [0.1, 0.15) is 23.2 Å². The lowest BCUT2D eigenvalue weighted by atomic mass is 10.1. The molecule has 1 aliphatic heterocycles. The molecule has 0 aromatic heterocycles. The van der Waals surface area contributed by atoms with Crippen LogP contribution in [-0.2, 0) is 10.0 Å². The highest BCUT2D eigenvalue weighted by Gasteiger charge is 2.29. The van der Waals surface area contributed by atoms with Crippen molar-refractivity contribution in [2.75, 3.05) is 23.7 Å². The maximum Gasteiger partial charge on any atom is 0.255 e. The number of anilines is 2. The Labute approximate surface area is 193 Å². The van der Waals surface area contributed by atoms with Gasteiger partial charge in [0.25, 0.3) is 5.91 Å². The monoisotopic (exact) mass is 469 g/mol. The molecule has 1 amide bonds. The molecule has 3 aromatic rings. The lowest BCUT2D eigenvalue weighted by Crippen LogP contribution is -2.42. The van der Waals surface area contributed by atoms with Crippen molar-refractivity contribution in [2.45, 2.75) is 23.8 Å². The zero-order valence-electron chi connectivity index (χ0n) is 17.4. The van der Waals surface area contributed by atoms with Gasteiger partial charge in [0.2, 0.25) is 10.0 Å². The number of hydrogen-bond donors (Lipinski definition) is 2. The van der Waals surface area contributed by atoms with E-state index in [0.29, 0.717) is 29.4 Å². The van der Waals surface area contributed by atoms with E-state index in [1.54, 1.807) is 42.5 Å². The normalized spacial score (nSPS) is 15.3. The van der Waals surface area contributed by atoms with Crippen LogP contribution in [0.2, 0.25) is 5.02 Å². The number of para-hydroxylation sites is 1. The summed E-state index contributed by atoms with van der Waals surface area (Å²) in [6.07, 6.45) is 1.45. The summed E-state index contributed by atoms with van der Waals surface area (Å²) in [5, 5.41) is 6.76. The number of nitrogens with zero attached hydrogens (tertiary/aromatic N) is 1. The summed E-state index contributed by atoms with van der Waals surface area (Å²) in [6.45, 7) is 0.877. The molecule has 0 spiro atoms. The van der Waals surface area contributed by atoms with Crippen LogP contribution in [0.15, 0.2) is 83.8 Å². The molecular weight excluding hydrogens is 446 g/mol. The van der Waals surface area contributed by atoms with E-state index in [4.69, 9.17) is 11.6 Å². The fourth-order valence-corrected chi connectivity index (χ4v) is 5.34. The molecule has 166 valence electrons. The van der Waals surface area contributed by atoms with Crippen molar-refractivity contribution in [3.63, 3.8) is 0 Å². The molecule has 8 heteroatoms. The topological polar surface area (TPSA) is 78.5 Å². The molecule has 0 radical (unpaired) electrons. The number of amides is 1. The Morgan fingerprint density at radius 2 is 1.53 bits per heavy atom. The van der Waals surface area contributed by atoms with E-state index in [1.807, 2.05) is 30.3 Å². The molecule has 4 rings (SSSR count). The van der Waals surface area contributed by atoms with Gasteiger partial charge in [-0.3, -0.25) is 4.79 Å². The Morgan fingerprint density at radius 3 is 2.22 bits per heavy atom. The van der Waals surface area contributed by atoms with Gasteiger partial charge in [0, 0.05) is 41.1 Å². The number of carbonyl (C=O) groups is 1.